The average Bonchev–Trinajstić information content (AvgIpc) is 3.43. The summed E-state index contributed by atoms with van der Waals surface area (Å²) in [5.74, 6) is -1.01. The second kappa shape index (κ2) is 7.22. The number of rotatable bonds is 7. The molecule has 0 radical (unpaired) electrons. The highest BCUT2D eigenvalue weighted by Crippen LogP contribution is 2.38. The Labute approximate surface area is 155 Å². The van der Waals surface area contributed by atoms with Crippen molar-refractivity contribution >= 4 is 17.4 Å². The predicted octanol–water partition coefficient (Wildman–Crippen LogP) is 3.40. The second-order valence-corrected chi connectivity index (χ2v) is 6.53. The topological polar surface area (TPSA) is 101 Å². The second-order valence-electron chi connectivity index (χ2n) is 6.53. The van der Waals surface area contributed by atoms with E-state index in [0.717, 1.165) is 30.3 Å². The number of carbonyl (C=O) groups excluding carboxylic acids is 2. The van der Waals surface area contributed by atoms with Gasteiger partial charge in [0.15, 0.2) is 12.4 Å². The van der Waals surface area contributed by atoms with Crippen LogP contribution in [0.25, 0.3) is 0 Å². The Morgan fingerprint density at radius 3 is 2.56 bits per heavy atom. The van der Waals surface area contributed by atoms with Crippen molar-refractivity contribution in [1.29, 1.82) is 0 Å². The first-order valence-electron chi connectivity index (χ1n) is 8.54. The van der Waals surface area contributed by atoms with Gasteiger partial charge in [0.2, 0.25) is 5.78 Å². The number of carbonyl (C=O) groups is 2. The van der Waals surface area contributed by atoms with Gasteiger partial charge in [-0.3, -0.25) is 14.9 Å². The SMILES string of the molecule is COC(=O)c1ccc(OCC(=O)c2cc(C)n(C3CC3)c2C)c([N+](=O)[O-])c1. The molecule has 0 unspecified atom stereocenters. The lowest BCUT2D eigenvalue weighted by atomic mass is 10.1. The standard InChI is InChI=1S/C19H20N2O6/c1-11-8-15(12(2)20(11)14-5-6-14)17(22)10-27-18-7-4-13(19(23)26-3)9-16(18)21(24)25/h4,7-9,14H,5-6,10H2,1-3H3. The molecule has 142 valence electrons. The Balaban J connectivity index is 1.78. The number of Topliss-reactive ketones (excluding diaryl/α,β-unsaturated/α-hetero) is 1. The van der Waals surface area contributed by atoms with Gasteiger partial charge in [0.05, 0.1) is 17.6 Å². The maximum absolute atomic E-state index is 12.6. The molecular weight excluding hydrogens is 352 g/mol. The lowest BCUT2D eigenvalue weighted by Gasteiger charge is -2.09. The molecular formula is C19H20N2O6. The van der Waals surface area contributed by atoms with Crippen LogP contribution in [0, 0.1) is 24.0 Å². The molecule has 0 spiro atoms. The quantitative estimate of drug-likeness (QED) is 0.320. The monoisotopic (exact) mass is 372 g/mol. The molecule has 27 heavy (non-hydrogen) atoms. The molecule has 1 aromatic heterocycles. The summed E-state index contributed by atoms with van der Waals surface area (Å²) in [6, 6.07) is 6.01. The van der Waals surface area contributed by atoms with Crippen molar-refractivity contribution in [3.05, 3.63) is 56.9 Å². The largest absolute Gasteiger partial charge is 0.478 e. The van der Waals surface area contributed by atoms with Crippen LogP contribution in [0.3, 0.4) is 0 Å². The number of ketones is 1. The number of hydrogen-bond donors (Lipinski definition) is 0. The Morgan fingerprint density at radius 1 is 1.26 bits per heavy atom. The fraction of sp³-hybridized carbons (Fsp3) is 0.368. The average molecular weight is 372 g/mol. The van der Waals surface area contributed by atoms with Crippen molar-refractivity contribution in [2.75, 3.05) is 13.7 Å². The highest BCUT2D eigenvalue weighted by molar-refractivity contribution is 5.98. The van der Waals surface area contributed by atoms with Crippen molar-refractivity contribution in [2.45, 2.75) is 32.7 Å². The normalized spacial score (nSPS) is 13.3. The number of hydrogen-bond acceptors (Lipinski definition) is 6. The number of aryl methyl sites for hydroxylation is 1. The summed E-state index contributed by atoms with van der Waals surface area (Å²) in [7, 11) is 1.19. The molecule has 1 fully saturated rings. The number of aromatic nitrogens is 1. The summed E-state index contributed by atoms with van der Waals surface area (Å²) in [6.07, 6.45) is 2.22. The van der Waals surface area contributed by atoms with Gasteiger partial charge >= 0.3 is 11.7 Å². The molecule has 1 heterocycles. The summed E-state index contributed by atoms with van der Waals surface area (Å²) in [5, 5.41) is 11.3. The van der Waals surface area contributed by atoms with Gasteiger partial charge in [0, 0.05) is 29.1 Å². The fourth-order valence-electron chi connectivity index (χ4n) is 3.20. The number of ether oxygens (including phenoxy) is 2. The number of nitro benzene ring substituents is 1. The van der Waals surface area contributed by atoms with Crippen LogP contribution < -0.4 is 4.74 Å². The third-order valence-electron chi connectivity index (χ3n) is 4.63. The first-order chi connectivity index (χ1) is 12.8. The van der Waals surface area contributed by atoms with Gasteiger partial charge in [0.1, 0.15) is 0 Å². The fourth-order valence-corrected chi connectivity index (χ4v) is 3.20. The molecule has 0 bridgehead atoms. The van der Waals surface area contributed by atoms with Crippen molar-refractivity contribution in [1.82, 2.24) is 4.57 Å². The van der Waals surface area contributed by atoms with E-state index in [-0.39, 0.29) is 23.7 Å². The Kier molecular flexibility index (Phi) is 4.98. The molecule has 0 amide bonds. The first kappa shape index (κ1) is 18.6. The highest BCUT2D eigenvalue weighted by atomic mass is 16.6. The van der Waals surface area contributed by atoms with Gasteiger partial charge in [-0.2, -0.15) is 0 Å². The number of benzene rings is 1. The molecule has 0 saturated heterocycles. The molecule has 8 nitrogen and oxygen atoms in total. The summed E-state index contributed by atoms with van der Waals surface area (Å²) in [5.41, 5.74) is 2.11. The van der Waals surface area contributed by atoms with Crippen LogP contribution in [-0.4, -0.2) is 35.0 Å². The van der Waals surface area contributed by atoms with E-state index in [1.165, 1.54) is 19.2 Å². The lowest BCUT2D eigenvalue weighted by molar-refractivity contribution is -0.385. The van der Waals surface area contributed by atoms with Gasteiger partial charge < -0.3 is 14.0 Å². The van der Waals surface area contributed by atoms with Crippen LogP contribution in [-0.2, 0) is 4.74 Å². The van der Waals surface area contributed by atoms with Crippen LogP contribution >= 0.6 is 0 Å². The van der Waals surface area contributed by atoms with Crippen molar-refractivity contribution < 1.29 is 24.0 Å². The van der Waals surface area contributed by atoms with Crippen LogP contribution in [0.4, 0.5) is 5.69 Å². The van der Waals surface area contributed by atoms with Crippen LogP contribution in [0.5, 0.6) is 5.75 Å². The molecule has 1 aliphatic carbocycles. The minimum Gasteiger partial charge on any atom is -0.478 e. The molecule has 8 heteroatoms. The van der Waals surface area contributed by atoms with Gasteiger partial charge in [-0.25, -0.2) is 4.79 Å². The van der Waals surface area contributed by atoms with E-state index >= 15 is 0 Å². The van der Waals surface area contributed by atoms with E-state index < -0.39 is 16.6 Å². The molecule has 0 aliphatic heterocycles. The maximum Gasteiger partial charge on any atom is 0.338 e. The van der Waals surface area contributed by atoms with Gasteiger partial charge in [-0.1, -0.05) is 0 Å². The van der Waals surface area contributed by atoms with Crippen LogP contribution in [0.1, 0.15) is 51.0 Å². The zero-order chi connectivity index (χ0) is 19.7. The van der Waals surface area contributed by atoms with E-state index in [9.17, 15) is 19.7 Å². The van der Waals surface area contributed by atoms with E-state index in [0.29, 0.717) is 11.6 Å². The molecule has 1 saturated carbocycles. The number of nitrogens with zero attached hydrogens (tertiary/aromatic N) is 2. The van der Waals surface area contributed by atoms with E-state index in [1.54, 1.807) is 0 Å². The first-order valence-corrected chi connectivity index (χ1v) is 8.54. The van der Waals surface area contributed by atoms with E-state index in [1.807, 2.05) is 19.9 Å². The van der Waals surface area contributed by atoms with E-state index in [2.05, 4.69) is 9.30 Å². The number of esters is 1. The molecule has 1 aliphatic rings. The summed E-state index contributed by atoms with van der Waals surface area (Å²) >= 11 is 0. The van der Waals surface area contributed by atoms with Crippen LogP contribution in [0.15, 0.2) is 24.3 Å². The maximum atomic E-state index is 12.6. The minimum absolute atomic E-state index is 0.0378. The van der Waals surface area contributed by atoms with Gasteiger partial charge in [-0.05, 0) is 44.9 Å². The smallest absolute Gasteiger partial charge is 0.338 e. The third-order valence-corrected chi connectivity index (χ3v) is 4.63. The Hall–Kier alpha value is -3.16. The van der Waals surface area contributed by atoms with Crippen LogP contribution in [0.2, 0.25) is 0 Å². The summed E-state index contributed by atoms with van der Waals surface area (Å²) in [4.78, 5) is 34.7. The van der Waals surface area contributed by atoms with Crippen molar-refractivity contribution in [2.24, 2.45) is 0 Å². The number of methoxy groups -OCH3 is 1. The van der Waals surface area contributed by atoms with Crippen molar-refractivity contribution in [3.8, 4) is 5.75 Å². The Bertz CT molecular complexity index is 927. The van der Waals surface area contributed by atoms with E-state index in [4.69, 9.17) is 4.74 Å². The molecule has 2 aromatic rings. The summed E-state index contributed by atoms with van der Waals surface area (Å²) in [6.45, 7) is 3.53. The highest BCUT2D eigenvalue weighted by Gasteiger charge is 2.28. The van der Waals surface area contributed by atoms with Gasteiger partial charge in [-0.15, -0.1) is 0 Å². The number of nitro groups is 1. The minimum atomic E-state index is -0.687. The Morgan fingerprint density at radius 2 is 1.96 bits per heavy atom. The molecule has 1 aromatic carbocycles. The third kappa shape index (κ3) is 3.69. The van der Waals surface area contributed by atoms with Crippen molar-refractivity contribution in [3.63, 3.8) is 0 Å². The lowest BCUT2D eigenvalue weighted by Crippen LogP contribution is -2.14. The summed E-state index contributed by atoms with van der Waals surface area (Å²) < 4.78 is 12.1. The molecule has 0 atom stereocenters. The predicted molar refractivity (Wildman–Crippen MR) is 96.4 cm³/mol. The molecule has 3 rings (SSSR count). The zero-order valence-electron chi connectivity index (χ0n) is 15.4. The molecule has 0 N–H and O–H groups in total. The zero-order valence-corrected chi connectivity index (χ0v) is 15.4. The van der Waals surface area contributed by atoms with Gasteiger partial charge in [0.25, 0.3) is 0 Å².